The number of rotatable bonds is 2. The van der Waals surface area contributed by atoms with Gasteiger partial charge >= 0.3 is 0 Å². The molecule has 0 aliphatic heterocycles. The van der Waals surface area contributed by atoms with Crippen LogP contribution in [-0.2, 0) is 11.2 Å². The van der Waals surface area contributed by atoms with Crippen LogP contribution in [-0.4, -0.2) is 10.9 Å². The molecule has 0 aliphatic rings. The number of amides is 1. The highest BCUT2D eigenvalue weighted by Gasteiger charge is 2.01. The van der Waals surface area contributed by atoms with Crippen LogP contribution in [0.1, 0.15) is 5.56 Å². The maximum absolute atomic E-state index is 10.5. The van der Waals surface area contributed by atoms with E-state index < -0.39 is 5.91 Å². The lowest BCUT2D eigenvalue weighted by molar-refractivity contribution is -0.117. The van der Waals surface area contributed by atoms with Gasteiger partial charge in [0.05, 0.1) is 6.42 Å². The highest BCUT2D eigenvalue weighted by atomic mass is 16.1. The summed E-state index contributed by atoms with van der Waals surface area (Å²) in [5, 5.41) is 0. The Kier molecular flexibility index (Phi) is 2.06. The monoisotopic (exact) mass is 151 g/mol. The van der Waals surface area contributed by atoms with Crippen molar-refractivity contribution in [1.29, 1.82) is 0 Å². The largest absolute Gasteiger partial charge is 0.398 e. The van der Waals surface area contributed by atoms with Gasteiger partial charge in [0.2, 0.25) is 5.91 Å². The van der Waals surface area contributed by atoms with Gasteiger partial charge in [-0.25, -0.2) is 0 Å². The van der Waals surface area contributed by atoms with Gasteiger partial charge in [0, 0.05) is 23.6 Å². The van der Waals surface area contributed by atoms with E-state index in [9.17, 15) is 4.79 Å². The van der Waals surface area contributed by atoms with Crippen molar-refractivity contribution in [1.82, 2.24) is 4.98 Å². The van der Waals surface area contributed by atoms with Gasteiger partial charge in [-0.15, -0.1) is 0 Å². The molecular weight excluding hydrogens is 142 g/mol. The molecule has 0 bridgehead atoms. The number of hydrogen-bond donors (Lipinski definition) is 2. The first kappa shape index (κ1) is 7.53. The molecule has 1 rings (SSSR count). The molecule has 1 aromatic rings. The molecule has 58 valence electrons. The predicted molar refractivity (Wildman–Crippen MR) is 41.5 cm³/mol. The first-order chi connectivity index (χ1) is 5.20. The second kappa shape index (κ2) is 3.01. The Balaban J connectivity index is 2.86. The standard InChI is InChI=1S/C7H9N3O/c8-6-1-2-10-4-5(6)3-7(9)11/h1-2,4H,3H2,(H2,8,10)(H2,9,11). The summed E-state index contributed by atoms with van der Waals surface area (Å²) in [5.74, 6) is -0.398. The molecule has 0 aliphatic carbocycles. The summed E-state index contributed by atoms with van der Waals surface area (Å²) in [4.78, 5) is 14.3. The van der Waals surface area contributed by atoms with Crippen molar-refractivity contribution >= 4 is 11.6 Å². The average molecular weight is 151 g/mol. The molecule has 0 unspecified atom stereocenters. The van der Waals surface area contributed by atoms with Crippen molar-refractivity contribution in [2.24, 2.45) is 5.73 Å². The number of anilines is 1. The zero-order chi connectivity index (χ0) is 8.27. The molecule has 0 saturated carbocycles. The normalized spacial score (nSPS) is 9.45. The Labute approximate surface area is 64.2 Å². The lowest BCUT2D eigenvalue weighted by atomic mass is 10.2. The molecule has 4 heteroatoms. The second-order valence-electron chi connectivity index (χ2n) is 2.22. The number of hydrogen-bond acceptors (Lipinski definition) is 3. The van der Waals surface area contributed by atoms with Crippen LogP contribution in [0.25, 0.3) is 0 Å². The Morgan fingerprint density at radius 1 is 1.64 bits per heavy atom. The van der Waals surface area contributed by atoms with Crippen molar-refractivity contribution in [3.63, 3.8) is 0 Å². The third-order valence-corrected chi connectivity index (χ3v) is 1.31. The number of aromatic nitrogens is 1. The zero-order valence-corrected chi connectivity index (χ0v) is 5.95. The average Bonchev–Trinajstić information content (AvgIpc) is 1.93. The Morgan fingerprint density at radius 2 is 2.36 bits per heavy atom. The molecular formula is C7H9N3O. The van der Waals surface area contributed by atoms with Crippen LogP contribution in [0.15, 0.2) is 18.5 Å². The highest BCUT2D eigenvalue weighted by Crippen LogP contribution is 2.08. The van der Waals surface area contributed by atoms with Crippen molar-refractivity contribution in [2.75, 3.05) is 5.73 Å². The fraction of sp³-hybridized carbons (Fsp3) is 0.143. The lowest BCUT2D eigenvalue weighted by Gasteiger charge is -1.99. The molecule has 0 fully saturated rings. The predicted octanol–water partition coefficient (Wildman–Crippen LogP) is -0.308. The minimum atomic E-state index is -0.398. The number of primary amides is 1. The summed E-state index contributed by atoms with van der Waals surface area (Å²) in [6, 6.07) is 1.64. The van der Waals surface area contributed by atoms with Crippen molar-refractivity contribution < 1.29 is 4.79 Å². The number of nitrogens with two attached hydrogens (primary N) is 2. The van der Waals surface area contributed by atoms with Crippen LogP contribution >= 0.6 is 0 Å². The smallest absolute Gasteiger partial charge is 0.221 e. The number of carbonyl (C=O) groups is 1. The van der Waals surface area contributed by atoms with E-state index in [1.54, 1.807) is 18.5 Å². The molecule has 0 spiro atoms. The molecule has 0 radical (unpaired) electrons. The maximum Gasteiger partial charge on any atom is 0.221 e. The Bertz CT molecular complexity index is 272. The number of carbonyl (C=O) groups excluding carboxylic acids is 1. The van der Waals surface area contributed by atoms with E-state index in [4.69, 9.17) is 11.5 Å². The highest BCUT2D eigenvalue weighted by molar-refractivity contribution is 5.78. The van der Waals surface area contributed by atoms with Crippen molar-refractivity contribution in [2.45, 2.75) is 6.42 Å². The minimum Gasteiger partial charge on any atom is -0.398 e. The summed E-state index contributed by atoms with van der Waals surface area (Å²) in [6.07, 6.45) is 3.26. The van der Waals surface area contributed by atoms with Crippen LogP contribution in [0, 0.1) is 0 Å². The summed E-state index contributed by atoms with van der Waals surface area (Å²) in [6.45, 7) is 0. The van der Waals surface area contributed by atoms with E-state index in [0.29, 0.717) is 11.3 Å². The van der Waals surface area contributed by atoms with Gasteiger partial charge in [0.25, 0.3) is 0 Å². The second-order valence-corrected chi connectivity index (χ2v) is 2.22. The van der Waals surface area contributed by atoms with Gasteiger partial charge in [-0.1, -0.05) is 0 Å². The quantitative estimate of drug-likeness (QED) is 0.608. The third-order valence-electron chi connectivity index (χ3n) is 1.31. The molecule has 4 N–H and O–H groups in total. The Hall–Kier alpha value is -1.58. The first-order valence-corrected chi connectivity index (χ1v) is 3.17. The van der Waals surface area contributed by atoms with Gasteiger partial charge in [-0.3, -0.25) is 9.78 Å². The summed E-state index contributed by atoms with van der Waals surface area (Å²) >= 11 is 0. The fourth-order valence-corrected chi connectivity index (χ4v) is 0.773. The van der Waals surface area contributed by atoms with Gasteiger partial charge in [-0.2, -0.15) is 0 Å². The van der Waals surface area contributed by atoms with Crippen LogP contribution in [0.5, 0.6) is 0 Å². The number of nitrogen functional groups attached to an aromatic ring is 1. The molecule has 0 aromatic carbocycles. The summed E-state index contributed by atoms with van der Waals surface area (Å²) in [7, 11) is 0. The summed E-state index contributed by atoms with van der Waals surface area (Å²) in [5.41, 5.74) is 11.7. The van der Waals surface area contributed by atoms with E-state index >= 15 is 0 Å². The van der Waals surface area contributed by atoms with Gasteiger partial charge in [0.1, 0.15) is 0 Å². The molecule has 1 aromatic heterocycles. The molecule has 1 heterocycles. The molecule has 0 saturated heterocycles. The van der Waals surface area contributed by atoms with E-state index in [0.717, 1.165) is 0 Å². The van der Waals surface area contributed by atoms with Crippen LogP contribution in [0.4, 0.5) is 5.69 Å². The molecule has 1 amide bonds. The number of nitrogens with zero attached hydrogens (tertiary/aromatic N) is 1. The van der Waals surface area contributed by atoms with Crippen LogP contribution in [0.3, 0.4) is 0 Å². The van der Waals surface area contributed by atoms with E-state index in [-0.39, 0.29) is 6.42 Å². The van der Waals surface area contributed by atoms with E-state index in [2.05, 4.69) is 4.98 Å². The maximum atomic E-state index is 10.5. The van der Waals surface area contributed by atoms with Gasteiger partial charge < -0.3 is 11.5 Å². The Morgan fingerprint density at radius 3 is 2.91 bits per heavy atom. The minimum absolute atomic E-state index is 0.152. The van der Waals surface area contributed by atoms with Crippen LogP contribution < -0.4 is 11.5 Å². The fourth-order valence-electron chi connectivity index (χ4n) is 0.773. The topological polar surface area (TPSA) is 82.0 Å². The van der Waals surface area contributed by atoms with E-state index in [1.165, 1.54) is 0 Å². The van der Waals surface area contributed by atoms with Crippen LogP contribution in [0.2, 0.25) is 0 Å². The summed E-state index contributed by atoms with van der Waals surface area (Å²) < 4.78 is 0. The van der Waals surface area contributed by atoms with E-state index in [1.807, 2.05) is 0 Å². The zero-order valence-electron chi connectivity index (χ0n) is 5.95. The van der Waals surface area contributed by atoms with Crippen molar-refractivity contribution in [3.05, 3.63) is 24.0 Å². The molecule has 4 nitrogen and oxygen atoms in total. The molecule has 11 heavy (non-hydrogen) atoms. The first-order valence-electron chi connectivity index (χ1n) is 3.17. The third kappa shape index (κ3) is 1.93. The van der Waals surface area contributed by atoms with Crippen molar-refractivity contribution in [3.8, 4) is 0 Å². The van der Waals surface area contributed by atoms with Gasteiger partial charge in [0.15, 0.2) is 0 Å². The van der Waals surface area contributed by atoms with Gasteiger partial charge in [-0.05, 0) is 6.07 Å². The molecule has 0 atom stereocenters. The lowest BCUT2D eigenvalue weighted by Crippen LogP contribution is -2.14. The SMILES string of the molecule is NC(=O)Cc1cnccc1N. The number of pyridine rings is 1.